The molecule has 0 saturated heterocycles. The zero-order valence-electron chi connectivity index (χ0n) is 19.0. The summed E-state index contributed by atoms with van der Waals surface area (Å²) < 4.78 is 13.0. The molecular weight excluding hydrogens is 420 g/mol. The molecule has 1 aromatic heterocycles. The van der Waals surface area contributed by atoms with E-state index in [1.165, 1.54) is 0 Å². The molecule has 3 rings (SSSR count). The average Bonchev–Trinajstić information content (AvgIpc) is 3.32. The van der Waals surface area contributed by atoms with Crippen molar-refractivity contribution in [2.45, 2.75) is 38.2 Å². The first-order chi connectivity index (χ1) is 16.0. The molecule has 0 aliphatic heterocycles. The van der Waals surface area contributed by atoms with Crippen molar-refractivity contribution in [3.63, 3.8) is 0 Å². The maximum atomic E-state index is 11.2. The summed E-state index contributed by atoms with van der Waals surface area (Å²) in [7, 11) is 0. The number of hydrogen-bond donors (Lipinski definition) is 3. The predicted octanol–water partition coefficient (Wildman–Crippen LogP) is 3.84. The van der Waals surface area contributed by atoms with E-state index in [0.717, 1.165) is 11.1 Å². The molecular formula is C26H32N2O5. The Labute approximate surface area is 194 Å². The lowest BCUT2D eigenvalue weighted by molar-refractivity contribution is 0.0165. The first-order valence-electron chi connectivity index (χ1n) is 11.1. The normalized spacial score (nSPS) is 14.9. The van der Waals surface area contributed by atoms with Gasteiger partial charge in [-0.05, 0) is 31.0 Å². The topological polar surface area (TPSA) is 97.0 Å². The van der Waals surface area contributed by atoms with E-state index in [1.807, 2.05) is 49.4 Å². The van der Waals surface area contributed by atoms with E-state index in [1.54, 1.807) is 36.0 Å². The van der Waals surface area contributed by atoms with E-state index >= 15 is 0 Å². The first-order valence-corrected chi connectivity index (χ1v) is 11.1. The molecule has 0 aliphatic carbocycles. The minimum absolute atomic E-state index is 0.0535. The Kier molecular flexibility index (Phi) is 8.79. The molecule has 0 fully saturated rings. The van der Waals surface area contributed by atoms with Gasteiger partial charge in [0, 0.05) is 24.6 Å². The summed E-state index contributed by atoms with van der Waals surface area (Å²) in [6.07, 6.45) is 2.38. The van der Waals surface area contributed by atoms with Gasteiger partial charge in [-0.15, -0.1) is 6.58 Å². The van der Waals surface area contributed by atoms with Crippen LogP contribution in [-0.4, -0.2) is 50.8 Å². The molecule has 1 heterocycles. The lowest BCUT2D eigenvalue weighted by Crippen LogP contribution is -2.23. The van der Waals surface area contributed by atoms with Crippen molar-refractivity contribution in [3.05, 3.63) is 85.0 Å². The minimum Gasteiger partial charge on any atom is -0.490 e. The largest absolute Gasteiger partial charge is 0.490 e. The molecule has 0 saturated carbocycles. The molecule has 7 heteroatoms. The summed E-state index contributed by atoms with van der Waals surface area (Å²) in [6, 6.07) is 14.7. The van der Waals surface area contributed by atoms with Crippen LogP contribution >= 0.6 is 0 Å². The van der Waals surface area contributed by atoms with E-state index in [0.29, 0.717) is 23.7 Å². The van der Waals surface area contributed by atoms with Gasteiger partial charge in [-0.25, -0.2) is 4.98 Å². The third kappa shape index (κ3) is 6.09. The van der Waals surface area contributed by atoms with Crippen LogP contribution < -0.4 is 4.74 Å². The van der Waals surface area contributed by atoms with Crippen molar-refractivity contribution in [1.82, 2.24) is 9.55 Å². The second kappa shape index (κ2) is 11.8. The fourth-order valence-corrected chi connectivity index (χ4v) is 3.68. The number of imidazole rings is 1. The summed E-state index contributed by atoms with van der Waals surface area (Å²) in [6.45, 7) is 8.11. The standard InChI is InChI=1S/C26H32N2O5/c1-4-23(28-14-13-27-26(28)18(3)29)25(31)20-11-12-22(19-9-7-6-8-10-19)24(15-20)33-17-21(30)16-32-5-2/h4,6-15,18,21,23,25,29-31H,1,5,16-17H2,2-3H3/t18-,21?,23?,25?/m0/s1. The van der Waals surface area contributed by atoms with Gasteiger partial charge in [0.05, 0.1) is 12.6 Å². The van der Waals surface area contributed by atoms with Gasteiger partial charge in [-0.3, -0.25) is 0 Å². The molecule has 4 atom stereocenters. The van der Waals surface area contributed by atoms with E-state index in [-0.39, 0.29) is 13.2 Å². The molecule has 0 bridgehead atoms. The molecule has 2 aromatic carbocycles. The van der Waals surface area contributed by atoms with Gasteiger partial charge in [0.2, 0.25) is 0 Å². The summed E-state index contributed by atoms with van der Waals surface area (Å²) in [5, 5.41) is 31.4. The zero-order chi connectivity index (χ0) is 23.8. The minimum atomic E-state index is -0.963. The summed E-state index contributed by atoms with van der Waals surface area (Å²) >= 11 is 0. The highest BCUT2D eigenvalue weighted by Crippen LogP contribution is 2.36. The van der Waals surface area contributed by atoms with Crippen LogP contribution in [0.4, 0.5) is 0 Å². The lowest BCUT2D eigenvalue weighted by Gasteiger charge is -2.25. The van der Waals surface area contributed by atoms with Crippen molar-refractivity contribution in [2.75, 3.05) is 19.8 Å². The number of nitrogens with zero attached hydrogens (tertiary/aromatic N) is 2. The highest BCUT2D eigenvalue weighted by atomic mass is 16.5. The maximum absolute atomic E-state index is 11.2. The van der Waals surface area contributed by atoms with Crippen molar-refractivity contribution < 1.29 is 24.8 Å². The molecule has 3 N–H and O–H groups in total. The Morgan fingerprint density at radius 3 is 2.52 bits per heavy atom. The molecule has 3 aromatic rings. The Morgan fingerprint density at radius 2 is 1.85 bits per heavy atom. The summed E-state index contributed by atoms with van der Waals surface area (Å²) in [5.74, 6) is 0.980. The smallest absolute Gasteiger partial charge is 0.137 e. The molecule has 7 nitrogen and oxygen atoms in total. The predicted molar refractivity (Wildman–Crippen MR) is 127 cm³/mol. The van der Waals surface area contributed by atoms with E-state index in [2.05, 4.69) is 11.6 Å². The van der Waals surface area contributed by atoms with Crippen molar-refractivity contribution >= 4 is 0 Å². The van der Waals surface area contributed by atoms with E-state index in [4.69, 9.17) is 9.47 Å². The molecule has 176 valence electrons. The number of ether oxygens (including phenoxy) is 2. The second-order valence-electron chi connectivity index (χ2n) is 7.79. The number of benzene rings is 2. The maximum Gasteiger partial charge on any atom is 0.137 e. The van der Waals surface area contributed by atoms with Gasteiger partial charge in [0.25, 0.3) is 0 Å². The van der Waals surface area contributed by atoms with Crippen LogP contribution in [0.25, 0.3) is 11.1 Å². The number of aliphatic hydroxyl groups is 3. The third-order valence-corrected chi connectivity index (χ3v) is 5.34. The van der Waals surface area contributed by atoms with Gasteiger partial charge < -0.3 is 29.4 Å². The van der Waals surface area contributed by atoms with Crippen LogP contribution in [0.2, 0.25) is 0 Å². The van der Waals surface area contributed by atoms with Crippen molar-refractivity contribution in [3.8, 4) is 16.9 Å². The Bertz CT molecular complexity index is 1020. The Hall–Kier alpha value is -2.97. The number of aromatic nitrogens is 2. The van der Waals surface area contributed by atoms with Crippen LogP contribution in [0.5, 0.6) is 5.75 Å². The first kappa shape index (κ1) is 24.7. The van der Waals surface area contributed by atoms with Crippen molar-refractivity contribution in [2.24, 2.45) is 0 Å². The van der Waals surface area contributed by atoms with Gasteiger partial charge >= 0.3 is 0 Å². The molecule has 0 radical (unpaired) electrons. The fourth-order valence-electron chi connectivity index (χ4n) is 3.68. The third-order valence-electron chi connectivity index (χ3n) is 5.34. The van der Waals surface area contributed by atoms with Crippen LogP contribution in [0.1, 0.15) is 43.5 Å². The summed E-state index contributed by atoms with van der Waals surface area (Å²) in [5.41, 5.74) is 2.41. The lowest BCUT2D eigenvalue weighted by atomic mass is 9.97. The van der Waals surface area contributed by atoms with Gasteiger partial charge in [-0.2, -0.15) is 0 Å². The zero-order valence-corrected chi connectivity index (χ0v) is 19.0. The molecule has 0 aliphatic rings. The fraction of sp³-hybridized carbons (Fsp3) is 0.346. The highest BCUT2D eigenvalue weighted by Gasteiger charge is 2.24. The second-order valence-corrected chi connectivity index (χ2v) is 7.79. The molecule has 0 amide bonds. The SMILES string of the molecule is C=CC(C(O)c1ccc(-c2ccccc2)c(OCC(O)COCC)c1)n1ccnc1[C@H](C)O. The van der Waals surface area contributed by atoms with Gasteiger partial charge in [0.15, 0.2) is 0 Å². The van der Waals surface area contributed by atoms with E-state index in [9.17, 15) is 15.3 Å². The quantitative estimate of drug-likeness (QED) is 0.361. The Morgan fingerprint density at radius 1 is 1.09 bits per heavy atom. The van der Waals surface area contributed by atoms with Crippen LogP contribution in [0.15, 0.2) is 73.6 Å². The molecule has 0 spiro atoms. The van der Waals surface area contributed by atoms with Crippen LogP contribution in [0, 0.1) is 0 Å². The molecule has 3 unspecified atom stereocenters. The van der Waals surface area contributed by atoms with Crippen LogP contribution in [-0.2, 0) is 4.74 Å². The summed E-state index contributed by atoms with van der Waals surface area (Å²) in [4.78, 5) is 4.20. The number of rotatable bonds is 12. The van der Waals surface area contributed by atoms with Crippen LogP contribution in [0.3, 0.4) is 0 Å². The Balaban J connectivity index is 1.93. The van der Waals surface area contributed by atoms with Crippen molar-refractivity contribution in [1.29, 1.82) is 0 Å². The van der Waals surface area contributed by atoms with Gasteiger partial charge in [-0.1, -0.05) is 48.5 Å². The number of aliphatic hydroxyl groups excluding tert-OH is 3. The monoisotopic (exact) mass is 452 g/mol. The molecule has 33 heavy (non-hydrogen) atoms. The van der Waals surface area contributed by atoms with E-state index < -0.39 is 24.4 Å². The highest BCUT2D eigenvalue weighted by molar-refractivity contribution is 5.71. The number of hydrogen-bond acceptors (Lipinski definition) is 6. The average molecular weight is 453 g/mol. The van der Waals surface area contributed by atoms with Gasteiger partial charge in [0.1, 0.15) is 36.5 Å².